The molecule has 0 bridgehead atoms. The Bertz CT molecular complexity index is 604. The lowest BCUT2D eigenvalue weighted by molar-refractivity contribution is 0.0990. The van der Waals surface area contributed by atoms with Gasteiger partial charge in [-0.1, -0.05) is 6.92 Å². The molecule has 2 rings (SSSR count). The summed E-state index contributed by atoms with van der Waals surface area (Å²) in [6, 6.07) is 7.39. The number of rotatable bonds is 4. The van der Waals surface area contributed by atoms with E-state index in [1.807, 2.05) is 38.1 Å². The van der Waals surface area contributed by atoms with Crippen molar-refractivity contribution in [1.82, 2.24) is 4.98 Å². The molecule has 106 valence electrons. The first-order valence-corrected chi connectivity index (χ1v) is 7.46. The first kappa shape index (κ1) is 14.5. The molecule has 0 unspecified atom stereocenters. The van der Waals surface area contributed by atoms with E-state index in [0.29, 0.717) is 17.1 Å². The molecule has 1 aromatic heterocycles. The quantitative estimate of drug-likeness (QED) is 0.878. The minimum absolute atomic E-state index is 0.0136. The zero-order chi connectivity index (χ0) is 14.7. The Kier molecular flexibility index (Phi) is 4.39. The number of aryl methyl sites for hydroxylation is 2. The zero-order valence-corrected chi connectivity index (χ0v) is 12.8. The second kappa shape index (κ2) is 6.05. The Morgan fingerprint density at radius 3 is 2.45 bits per heavy atom. The summed E-state index contributed by atoms with van der Waals surface area (Å²) < 4.78 is 0. The lowest BCUT2D eigenvalue weighted by Crippen LogP contribution is -2.31. The van der Waals surface area contributed by atoms with Crippen molar-refractivity contribution in [3.8, 4) is 0 Å². The third-order valence-electron chi connectivity index (χ3n) is 2.99. The molecule has 0 aliphatic heterocycles. The van der Waals surface area contributed by atoms with Crippen LogP contribution in [0.5, 0.6) is 0 Å². The second-order valence-electron chi connectivity index (χ2n) is 4.70. The first-order valence-electron chi connectivity index (χ1n) is 6.64. The normalized spacial score (nSPS) is 10.6. The lowest BCUT2D eigenvalue weighted by Gasteiger charge is -2.22. The van der Waals surface area contributed by atoms with Crippen LogP contribution in [0.4, 0.5) is 11.4 Å². The highest BCUT2D eigenvalue weighted by Gasteiger charge is 2.21. The van der Waals surface area contributed by atoms with E-state index in [1.54, 1.807) is 4.90 Å². The number of nitrogen functional groups attached to an aromatic ring is 1. The number of hydrogen-bond acceptors (Lipinski definition) is 4. The highest BCUT2D eigenvalue weighted by Crippen LogP contribution is 2.24. The number of carbonyl (C=O) groups excluding carboxylic acids is 1. The maximum absolute atomic E-state index is 12.7. The number of nitrogens with two attached hydrogens (primary N) is 1. The summed E-state index contributed by atoms with van der Waals surface area (Å²) in [5.41, 5.74) is 8.07. The van der Waals surface area contributed by atoms with Crippen LogP contribution in [0.3, 0.4) is 0 Å². The molecule has 4 nitrogen and oxygen atoms in total. The molecule has 0 spiro atoms. The summed E-state index contributed by atoms with van der Waals surface area (Å²) in [5.74, 6) is 0.0136. The summed E-state index contributed by atoms with van der Waals surface area (Å²) in [5, 5.41) is 0.916. The van der Waals surface area contributed by atoms with Gasteiger partial charge in [-0.3, -0.25) is 4.79 Å². The number of hydrogen-bond donors (Lipinski definition) is 1. The van der Waals surface area contributed by atoms with Crippen LogP contribution in [0.15, 0.2) is 24.3 Å². The third-order valence-corrected chi connectivity index (χ3v) is 4.06. The van der Waals surface area contributed by atoms with Gasteiger partial charge in [-0.2, -0.15) is 0 Å². The molecule has 0 saturated heterocycles. The number of aromatic nitrogens is 1. The standard InChI is InChI=1S/C15H19N3OS/c1-4-9-18(13-7-5-12(16)6-8-13)15(19)14-10(2)17-11(3)20-14/h5-8H,4,9,16H2,1-3H3. The van der Waals surface area contributed by atoms with E-state index < -0.39 is 0 Å². The highest BCUT2D eigenvalue weighted by molar-refractivity contribution is 7.13. The van der Waals surface area contributed by atoms with Crippen LogP contribution in [-0.2, 0) is 0 Å². The minimum Gasteiger partial charge on any atom is -0.399 e. The van der Waals surface area contributed by atoms with Crippen molar-refractivity contribution < 1.29 is 4.79 Å². The van der Waals surface area contributed by atoms with Crippen LogP contribution in [0.2, 0.25) is 0 Å². The van der Waals surface area contributed by atoms with Crippen molar-refractivity contribution in [2.24, 2.45) is 0 Å². The first-order chi connectivity index (χ1) is 9.52. The van der Waals surface area contributed by atoms with E-state index in [2.05, 4.69) is 11.9 Å². The SMILES string of the molecule is CCCN(C(=O)c1sc(C)nc1C)c1ccc(N)cc1. The van der Waals surface area contributed by atoms with E-state index in [4.69, 9.17) is 5.73 Å². The molecule has 2 aromatic rings. The maximum Gasteiger partial charge on any atom is 0.270 e. The van der Waals surface area contributed by atoms with Crippen molar-refractivity contribution in [3.63, 3.8) is 0 Å². The monoisotopic (exact) mass is 289 g/mol. The van der Waals surface area contributed by atoms with Gasteiger partial charge in [0.15, 0.2) is 0 Å². The summed E-state index contributed by atoms with van der Waals surface area (Å²) in [6.07, 6.45) is 0.896. The van der Waals surface area contributed by atoms with Crippen LogP contribution < -0.4 is 10.6 Å². The largest absolute Gasteiger partial charge is 0.399 e. The van der Waals surface area contributed by atoms with Gasteiger partial charge < -0.3 is 10.6 Å². The molecule has 1 heterocycles. The summed E-state index contributed by atoms with van der Waals surface area (Å²) in [6.45, 7) is 6.53. The van der Waals surface area contributed by atoms with E-state index >= 15 is 0 Å². The van der Waals surface area contributed by atoms with Crippen molar-refractivity contribution >= 4 is 28.6 Å². The molecule has 20 heavy (non-hydrogen) atoms. The van der Waals surface area contributed by atoms with Crippen LogP contribution >= 0.6 is 11.3 Å². The molecule has 1 aromatic carbocycles. The lowest BCUT2D eigenvalue weighted by atomic mass is 10.2. The molecule has 0 fully saturated rings. The van der Waals surface area contributed by atoms with E-state index in [0.717, 1.165) is 22.8 Å². The Morgan fingerprint density at radius 1 is 1.30 bits per heavy atom. The van der Waals surface area contributed by atoms with Gasteiger partial charge in [0.2, 0.25) is 0 Å². The van der Waals surface area contributed by atoms with Gasteiger partial charge in [0, 0.05) is 17.9 Å². The van der Waals surface area contributed by atoms with Crippen LogP contribution in [0.1, 0.15) is 33.7 Å². The Balaban J connectivity index is 2.35. The second-order valence-corrected chi connectivity index (χ2v) is 5.90. The number of nitrogens with zero attached hydrogens (tertiary/aromatic N) is 2. The van der Waals surface area contributed by atoms with E-state index in [1.165, 1.54) is 11.3 Å². The highest BCUT2D eigenvalue weighted by atomic mass is 32.1. The fraction of sp³-hybridized carbons (Fsp3) is 0.333. The summed E-state index contributed by atoms with van der Waals surface area (Å²) >= 11 is 1.45. The van der Waals surface area contributed by atoms with Crippen LogP contribution in [0.25, 0.3) is 0 Å². The molecule has 1 amide bonds. The van der Waals surface area contributed by atoms with Gasteiger partial charge in [0.05, 0.1) is 10.7 Å². The van der Waals surface area contributed by atoms with E-state index in [-0.39, 0.29) is 5.91 Å². The number of anilines is 2. The van der Waals surface area contributed by atoms with Crippen molar-refractivity contribution in [2.75, 3.05) is 17.2 Å². The summed E-state index contributed by atoms with van der Waals surface area (Å²) in [7, 11) is 0. The van der Waals surface area contributed by atoms with Crippen molar-refractivity contribution in [1.29, 1.82) is 0 Å². The van der Waals surface area contributed by atoms with Gasteiger partial charge in [-0.15, -0.1) is 11.3 Å². The van der Waals surface area contributed by atoms with Crippen molar-refractivity contribution in [2.45, 2.75) is 27.2 Å². The van der Waals surface area contributed by atoms with Gasteiger partial charge in [0.25, 0.3) is 5.91 Å². The van der Waals surface area contributed by atoms with Gasteiger partial charge in [-0.25, -0.2) is 4.98 Å². The topological polar surface area (TPSA) is 59.2 Å². The smallest absolute Gasteiger partial charge is 0.270 e. The molecule has 5 heteroatoms. The summed E-state index contributed by atoms with van der Waals surface area (Å²) in [4.78, 5) is 19.6. The number of carbonyl (C=O) groups is 1. The molecule has 0 saturated carbocycles. The van der Waals surface area contributed by atoms with Gasteiger partial charge >= 0.3 is 0 Å². The fourth-order valence-corrected chi connectivity index (χ4v) is 2.95. The Morgan fingerprint density at radius 2 is 1.95 bits per heavy atom. The van der Waals surface area contributed by atoms with Crippen LogP contribution in [-0.4, -0.2) is 17.4 Å². The van der Waals surface area contributed by atoms with Crippen molar-refractivity contribution in [3.05, 3.63) is 39.8 Å². The average molecular weight is 289 g/mol. The predicted molar refractivity (Wildman–Crippen MR) is 84.4 cm³/mol. The molecular weight excluding hydrogens is 270 g/mol. The zero-order valence-electron chi connectivity index (χ0n) is 12.0. The number of amides is 1. The van der Waals surface area contributed by atoms with Crippen LogP contribution in [0, 0.1) is 13.8 Å². The minimum atomic E-state index is 0.0136. The Hall–Kier alpha value is -1.88. The fourth-order valence-electron chi connectivity index (χ4n) is 2.08. The molecule has 2 N–H and O–H groups in total. The average Bonchev–Trinajstić information content (AvgIpc) is 2.75. The van der Waals surface area contributed by atoms with E-state index in [9.17, 15) is 4.79 Å². The number of thiazole rings is 1. The molecule has 0 atom stereocenters. The molecule has 0 radical (unpaired) electrons. The van der Waals surface area contributed by atoms with Gasteiger partial charge in [0.1, 0.15) is 4.88 Å². The molecule has 0 aliphatic rings. The Labute approximate surface area is 123 Å². The number of benzene rings is 1. The molecular formula is C15H19N3OS. The molecule has 0 aliphatic carbocycles. The van der Waals surface area contributed by atoms with Gasteiger partial charge in [-0.05, 0) is 44.5 Å². The predicted octanol–water partition coefficient (Wildman–Crippen LogP) is 3.40. The maximum atomic E-state index is 12.7. The third kappa shape index (κ3) is 2.99.